The van der Waals surface area contributed by atoms with Crippen LogP contribution in [0.5, 0.6) is 0 Å². The Morgan fingerprint density at radius 3 is 2.60 bits per heavy atom. The van der Waals surface area contributed by atoms with Crippen molar-refractivity contribution in [1.82, 2.24) is 4.98 Å². The van der Waals surface area contributed by atoms with Crippen LogP contribution in [0.25, 0.3) is 10.4 Å². The summed E-state index contributed by atoms with van der Waals surface area (Å²) in [5.41, 5.74) is 8.99. The predicted octanol–water partition coefficient (Wildman–Crippen LogP) is 3.66. The quantitative estimate of drug-likeness (QED) is 0.824. The minimum absolute atomic E-state index is 0.594. The molecule has 2 rings (SSSR count). The van der Waals surface area contributed by atoms with Gasteiger partial charge in [0.15, 0.2) is 5.13 Å². The molecule has 15 heavy (non-hydrogen) atoms. The number of hydrogen-bond donors (Lipinski definition) is 1. The third-order valence-corrected chi connectivity index (χ3v) is 3.56. The zero-order valence-electron chi connectivity index (χ0n) is 8.54. The highest BCUT2D eigenvalue weighted by Gasteiger charge is 2.07. The van der Waals surface area contributed by atoms with E-state index in [1.807, 2.05) is 19.9 Å². The first-order valence-electron chi connectivity index (χ1n) is 4.56. The van der Waals surface area contributed by atoms with Gasteiger partial charge >= 0.3 is 0 Å². The Balaban J connectivity index is 2.58. The van der Waals surface area contributed by atoms with E-state index in [1.165, 1.54) is 11.3 Å². The van der Waals surface area contributed by atoms with E-state index in [0.29, 0.717) is 5.13 Å². The number of aromatic nitrogens is 1. The summed E-state index contributed by atoms with van der Waals surface area (Å²) in [5.74, 6) is 0. The summed E-state index contributed by atoms with van der Waals surface area (Å²) >= 11 is 7.53. The highest BCUT2D eigenvalue weighted by atomic mass is 35.5. The van der Waals surface area contributed by atoms with E-state index in [9.17, 15) is 0 Å². The molecule has 1 aromatic heterocycles. The third kappa shape index (κ3) is 1.98. The normalized spacial score (nSPS) is 10.6. The summed E-state index contributed by atoms with van der Waals surface area (Å²) in [6, 6.07) is 4.05. The van der Waals surface area contributed by atoms with Crippen molar-refractivity contribution in [3.05, 3.63) is 34.5 Å². The first kappa shape index (κ1) is 10.5. The molecule has 0 bridgehead atoms. The van der Waals surface area contributed by atoms with Gasteiger partial charge in [-0.1, -0.05) is 22.9 Å². The Bertz CT molecular complexity index is 505. The molecule has 0 fully saturated rings. The van der Waals surface area contributed by atoms with Crippen LogP contribution < -0.4 is 5.73 Å². The molecular formula is C11H11ClN2S. The Labute approximate surface area is 97.7 Å². The molecule has 78 valence electrons. The van der Waals surface area contributed by atoms with Crippen LogP contribution in [0.3, 0.4) is 0 Å². The lowest BCUT2D eigenvalue weighted by atomic mass is 10.0. The van der Waals surface area contributed by atoms with Gasteiger partial charge in [-0.25, -0.2) is 4.98 Å². The average molecular weight is 239 g/mol. The van der Waals surface area contributed by atoms with Crippen LogP contribution in [0.15, 0.2) is 18.3 Å². The van der Waals surface area contributed by atoms with E-state index in [0.717, 1.165) is 26.6 Å². The topological polar surface area (TPSA) is 38.9 Å². The number of nitrogen functional groups attached to an aromatic ring is 1. The highest BCUT2D eigenvalue weighted by Crippen LogP contribution is 2.32. The van der Waals surface area contributed by atoms with Crippen molar-refractivity contribution in [3.8, 4) is 10.4 Å². The van der Waals surface area contributed by atoms with Gasteiger partial charge in [-0.05, 0) is 42.7 Å². The number of aryl methyl sites for hydroxylation is 2. The molecule has 0 saturated carbocycles. The maximum Gasteiger partial charge on any atom is 0.180 e. The molecule has 0 saturated heterocycles. The second-order valence-electron chi connectivity index (χ2n) is 3.48. The molecule has 0 spiro atoms. The SMILES string of the molecule is Cc1cc(-c2cnc(N)s2)c(C)cc1Cl. The number of rotatable bonds is 1. The number of thiazole rings is 1. The maximum absolute atomic E-state index is 6.04. The Hall–Kier alpha value is -1.06. The largest absolute Gasteiger partial charge is 0.375 e. The molecular weight excluding hydrogens is 228 g/mol. The number of halogens is 1. The molecule has 1 heterocycles. The molecule has 0 amide bonds. The van der Waals surface area contributed by atoms with Gasteiger partial charge < -0.3 is 5.73 Å². The van der Waals surface area contributed by atoms with E-state index in [2.05, 4.69) is 11.1 Å². The lowest BCUT2D eigenvalue weighted by molar-refractivity contribution is 1.38. The smallest absolute Gasteiger partial charge is 0.180 e. The van der Waals surface area contributed by atoms with Crippen molar-refractivity contribution in [2.45, 2.75) is 13.8 Å². The molecule has 4 heteroatoms. The van der Waals surface area contributed by atoms with Gasteiger partial charge in [0, 0.05) is 11.2 Å². The molecule has 0 aliphatic carbocycles. The van der Waals surface area contributed by atoms with Crippen LogP contribution in [0.2, 0.25) is 5.02 Å². The lowest BCUT2D eigenvalue weighted by Crippen LogP contribution is -1.84. The monoisotopic (exact) mass is 238 g/mol. The van der Waals surface area contributed by atoms with Crippen LogP contribution >= 0.6 is 22.9 Å². The number of benzene rings is 1. The van der Waals surface area contributed by atoms with Crippen LogP contribution in [-0.4, -0.2) is 4.98 Å². The number of hydrogen-bond acceptors (Lipinski definition) is 3. The minimum Gasteiger partial charge on any atom is -0.375 e. The standard InChI is InChI=1S/C11H11ClN2S/c1-6-4-9(12)7(2)3-8(6)10-5-14-11(13)15-10/h3-5H,1-2H3,(H2,13,14). The van der Waals surface area contributed by atoms with Crippen molar-refractivity contribution in [2.24, 2.45) is 0 Å². The fourth-order valence-corrected chi connectivity index (χ4v) is 2.44. The molecule has 0 radical (unpaired) electrons. The van der Waals surface area contributed by atoms with Crippen molar-refractivity contribution in [3.63, 3.8) is 0 Å². The molecule has 0 unspecified atom stereocenters. The minimum atomic E-state index is 0.594. The summed E-state index contributed by atoms with van der Waals surface area (Å²) < 4.78 is 0. The van der Waals surface area contributed by atoms with Crippen LogP contribution in [0.1, 0.15) is 11.1 Å². The second kappa shape index (κ2) is 3.83. The number of anilines is 1. The van der Waals surface area contributed by atoms with E-state index in [1.54, 1.807) is 6.20 Å². The Kier molecular flexibility index (Phi) is 2.67. The summed E-state index contributed by atoms with van der Waals surface area (Å²) in [6.45, 7) is 4.03. The Morgan fingerprint density at radius 1 is 1.27 bits per heavy atom. The van der Waals surface area contributed by atoms with Gasteiger partial charge in [-0.15, -0.1) is 0 Å². The molecule has 2 nitrogen and oxygen atoms in total. The fourth-order valence-electron chi connectivity index (χ4n) is 1.46. The van der Waals surface area contributed by atoms with Crippen molar-refractivity contribution in [1.29, 1.82) is 0 Å². The zero-order valence-corrected chi connectivity index (χ0v) is 10.1. The van der Waals surface area contributed by atoms with Gasteiger partial charge in [-0.3, -0.25) is 0 Å². The van der Waals surface area contributed by atoms with E-state index in [4.69, 9.17) is 17.3 Å². The summed E-state index contributed by atoms with van der Waals surface area (Å²) in [5, 5.41) is 1.39. The number of nitrogens with two attached hydrogens (primary N) is 1. The molecule has 0 aliphatic rings. The molecule has 0 atom stereocenters. The Morgan fingerprint density at radius 2 is 2.00 bits per heavy atom. The zero-order chi connectivity index (χ0) is 11.0. The number of nitrogens with zero attached hydrogens (tertiary/aromatic N) is 1. The highest BCUT2D eigenvalue weighted by molar-refractivity contribution is 7.18. The van der Waals surface area contributed by atoms with Crippen LogP contribution in [-0.2, 0) is 0 Å². The molecule has 2 aromatic rings. The first-order chi connectivity index (χ1) is 7.08. The van der Waals surface area contributed by atoms with Crippen molar-refractivity contribution in [2.75, 3.05) is 5.73 Å². The first-order valence-corrected chi connectivity index (χ1v) is 5.76. The van der Waals surface area contributed by atoms with Crippen LogP contribution in [0.4, 0.5) is 5.13 Å². The fraction of sp³-hybridized carbons (Fsp3) is 0.182. The summed E-state index contributed by atoms with van der Waals surface area (Å²) in [6.07, 6.45) is 1.80. The lowest BCUT2D eigenvalue weighted by Gasteiger charge is -2.06. The maximum atomic E-state index is 6.04. The third-order valence-electron chi connectivity index (χ3n) is 2.29. The van der Waals surface area contributed by atoms with E-state index >= 15 is 0 Å². The van der Waals surface area contributed by atoms with Gasteiger partial charge in [0.05, 0.1) is 4.88 Å². The van der Waals surface area contributed by atoms with Crippen LogP contribution in [0, 0.1) is 13.8 Å². The van der Waals surface area contributed by atoms with E-state index in [-0.39, 0.29) is 0 Å². The molecule has 2 N–H and O–H groups in total. The van der Waals surface area contributed by atoms with Gasteiger partial charge in [0.25, 0.3) is 0 Å². The van der Waals surface area contributed by atoms with Crippen molar-refractivity contribution >= 4 is 28.1 Å². The van der Waals surface area contributed by atoms with Gasteiger partial charge in [0.1, 0.15) is 0 Å². The molecule has 0 aliphatic heterocycles. The summed E-state index contributed by atoms with van der Waals surface area (Å²) in [4.78, 5) is 5.14. The van der Waals surface area contributed by atoms with Gasteiger partial charge in [-0.2, -0.15) is 0 Å². The predicted molar refractivity (Wildman–Crippen MR) is 66.4 cm³/mol. The molecule has 1 aromatic carbocycles. The van der Waals surface area contributed by atoms with Crippen molar-refractivity contribution < 1.29 is 0 Å². The second-order valence-corrected chi connectivity index (χ2v) is 4.95. The summed E-state index contributed by atoms with van der Waals surface area (Å²) in [7, 11) is 0. The van der Waals surface area contributed by atoms with Gasteiger partial charge in [0.2, 0.25) is 0 Å². The average Bonchev–Trinajstić information content (AvgIpc) is 2.58. The van der Waals surface area contributed by atoms with E-state index < -0.39 is 0 Å².